The molecule has 1 aromatic carbocycles. The smallest absolute Gasteiger partial charge is 0.168 e. The summed E-state index contributed by atoms with van der Waals surface area (Å²) in [4.78, 5) is 0. The largest absolute Gasteiger partial charge is 0.508 e. The van der Waals surface area contributed by atoms with E-state index in [0.29, 0.717) is 5.69 Å². The summed E-state index contributed by atoms with van der Waals surface area (Å²) in [5.74, 6) is 0.0205. The predicted octanol–water partition coefficient (Wildman–Crippen LogP) is 0.753. The van der Waals surface area contributed by atoms with E-state index in [4.69, 9.17) is 10.8 Å². The Kier molecular flexibility index (Phi) is 2.35. The van der Waals surface area contributed by atoms with Crippen LogP contribution in [0.3, 0.4) is 0 Å². The Bertz CT molecular complexity index is 314. The van der Waals surface area contributed by atoms with Crippen LogP contribution in [0, 0.1) is 0 Å². The summed E-state index contributed by atoms with van der Waals surface area (Å²) < 4.78 is 0. The van der Waals surface area contributed by atoms with Crippen LogP contribution < -0.4 is 11.1 Å². The lowest BCUT2D eigenvalue weighted by Crippen LogP contribution is -2.18. The van der Waals surface area contributed by atoms with E-state index < -0.39 is 0 Å². The maximum absolute atomic E-state index is 9.20. The van der Waals surface area contributed by atoms with Crippen LogP contribution in [0.4, 0.5) is 5.69 Å². The highest BCUT2D eigenvalue weighted by Gasteiger charge is 2.01. The van der Waals surface area contributed by atoms with Gasteiger partial charge in [0, 0.05) is 6.07 Å². The molecular formula is C7H8N2O2S. The van der Waals surface area contributed by atoms with Crippen molar-refractivity contribution in [2.24, 2.45) is 5.73 Å². The van der Waals surface area contributed by atoms with E-state index in [0.717, 1.165) is 0 Å². The van der Waals surface area contributed by atoms with Gasteiger partial charge in [0.05, 0.1) is 5.69 Å². The van der Waals surface area contributed by atoms with Crippen molar-refractivity contribution in [3.63, 3.8) is 0 Å². The van der Waals surface area contributed by atoms with E-state index in [1.54, 1.807) is 0 Å². The van der Waals surface area contributed by atoms with Gasteiger partial charge in [-0.1, -0.05) is 0 Å². The van der Waals surface area contributed by atoms with E-state index in [9.17, 15) is 5.11 Å². The van der Waals surface area contributed by atoms with Crippen LogP contribution in [-0.4, -0.2) is 15.3 Å². The highest BCUT2D eigenvalue weighted by atomic mass is 32.1. The van der Waals surface area contributed by atoms with Crippen LogP contribution in [0.5, 0.6) is 11.5 Å². The quantitative estimate of drug-likeness (QED) is 0.294. The van der Waals surface area contributed by atoms with Crippen molar-refractivity contribution in [1.82, 2.24) is 0 Å². The molecule has 0 saturated heterocycles. The molecule has 0 unspecified atom stereocenters. The van der Waals surface area contributed by atoms with Gasteiger partial charge in [0.15, 0.2) is 5.11 Å². The average Bonchev–Trinajstić information content (AvgIpc) is 1.96. The zero-order valence-electron chi connectivity index (χ0n) is 6.11. The van der Waals surface area contributed by atoms with Crippen molar-refractivity contribution < 1.29 is 10.2 Å². The molecule has 0 aliphatic rings. The standard InChI is InChI=1S/C7H8N2O2S/c8-7(12)9-5-3-4(10)1-2-6(5)11/h1-3,10-11H,(H3,8,9,12). The van der Waals surface area contributed by atoms with Gasteiger partial charge in [-0.05, 0) is 24.4 Å². The zero-order valence-corrected chi connectivity index (χ0v) is 6.93. The molecule has 1 rings (SSSR count). The monoisotopic (exact) mass is 184 g/mol. The highest BCUT2D eigenvalue weighted by Crippen LogP contribution is 2.26. The van der Waals surface area contributed by atoms with Gasteiger partial charge in [-0.15, -0.1) is 0 Å². The van der Waals surface area contributed by atoms with Crippen molar-refractivity contribution >= 4 is 23.0 Å². The fourth-order valence-electron chi connectivity index (χ4n) is 0.757. The molecule has 64 valence electrons. The van der Waals surface area contributed by atoms with E-state index in [1.165, 1.54) is 18.2 Å². The summed E-state index contributed by atoms with van der Waals surface area (Å²) in [6.07, 6.45) is 0. The number of nitrogens with two attached hydrogens (primary N) is 1. The Balaban J connectivity index is 2.97. The number of hydrogen-bond acceptors (Lipinski definition) is 3. The normalized spacial score (nSPS) is 9.33. The lowest BCUT2D eigenvalue weighted by molar-refractivity contribution is 0.462. The minimum Gasteiger partial charge on any atom is -0.508 e. The van der Waals surface area contributed by atoms with E-state index in [1.807, 2.05) is 0 Å². The summed E-state index contributed by atoms with van der Waals surface area (Å²) in [6, 6.07) is 4.03. The van der Waals surface area contributed by atoms with Gasteiger partial charge >= 0.3 is 0 Å². The molecule has 5 heteroatoms. The van der Waals surface area contributed by atoms with Crippen LogP contribution in [0.2, 0.25) is 0 Å². The topological polar surface area (TPSA) is 78.5 Å². The molecule has 12 heavy (non-hydrogen) atoms. The van der Waals surface area contributed by atoms with Crippen molar-refractivity contribution in [3.05, 3.63) is 18.2 Å². The van der Waals surface area contributed by atoms with Gasteiger partial charge in [-0.25, -0.2) is 0 Å². The molecule has 0 aliphatic carbocycles. The Morgan fingerprint density at radius 2 is 2.08 bits per heavy atom. The lowest BCUT2D eigenvalue weighted by atomic mass is 10.3. The molecule has 0 saturated carbocycles. The molecule has 0 amide bonds. The molecule has 1 aromatic rings. The first-order valence-corrected chi connectivity index (χ1v) is 3.59. The number of aromatic hydroxyl groups is 2. The maximum atomic E-state index is 9.20. The van der Waals surface area contributed by atoms with E-state index >= 15 is 0 Å². The van der Waals surface area contributed by atoms with Crippen LogP contribution in [0.15, 0.2) is 18.2 Å². The molecular weight excluding hydrogens is 176 g/mol. The Morgan fingerprint density at radius 1 is 1.42 bits per heavy atom. The molecule has 0 radical (unpaired) electrons. The third-order valence-electron chi connectivity index (χ3n) is 1.24. The highest BCUT2D eigenvalue weighted by molar-refractivity contribution is 7.80. The van der Waals surface area contributed by atoms with Gasteiger partial charge in [-0.3, -0.25) is 0 Å². The molecule has 0 aromatic heterocycles. The predicted molar refractivity (Wildman–Crippen MR) is 50.2 cm³/mol. The molecule has 0 spiro atoms. The maximum Gasteiger partial charge on any atom is 0.168 e. The number of nitrogens with one attached hydrogen (secondary N) is 1. The third-order valence-corrected chi connectivity index (χ3v) is 1.34. The molecule has 0 aliphatic heterocycles. The van der Waals surface area contributed by atoms with E-state index in [2.05, 4.69) is 17.5 Å². The molecule has 0 bridgehead atoms. The Labute approximate surface area is 74.6 Å². The van der Waals surface area contributed by atoms with Crippen LogP contribution >= 0.6 is 12.2 Å². The lowest BCUT2D eigenvalue weighted by Gasteiger charge is -2.05. The summed E-state index contributed by atoms with van der Waals surface area (Å²) in [6.45, 7) is 0. The van der Waals surface area contributed by atoms with Gasteiger partial charge < -0.3 is 21.3 Å². The van der Waals surface area contributed by atoms with Gasteiger partial charge in [0.25, 0.3) is 0 Å². The molecule has 5 N–H and O–H groups in total. The molecule has 0 atom stereocenters. The Hall–Kier alpha value is -1.49. The second-order valence-corrected chi connectivity index (χ2v) is 2.63. The number of phenolic OH excluding ortho intramolecular Hbond substituents is 2. The third kappa shape index (κ3) is 2.00. The first-order chi connectivity index (χ1) is 5.59. The zero-order chi connectivity index (χ0) is 9.14. The minimum atomic E-state index is -0.0133. The first-order valence-electron chi connectivity index (χ1n) is 3.18. The minimum absolute atomic E-state index is 0.0133. The molecule has 0 heterocycles. The van der Waals surface area contributed by atoms with Crippen molar-refractivity contribution in [2.45, 2.75) is 0 Å². The number of phenols is 2. The first kappa shape index (κ1) is 8.61. The Morgan fingerprint density at radius 3 is 2.67 bits per heavy atom. The molecule has 4 nitrogen and oxygen atoms in total. The van der Waals surface area contributed by atoms with Crippen molar-refractivity contribution in [3.8, 4) is 11.5 Å². The van der Waals surface area contributed by atoms with Crippen LogP contribution in [0.25, 0.3) is 0 Å². The van der Waals surface area contributed by atoms with E-state index in [-0.39, 0.29) is 16.6 Å². The van der Waals surface area contributed by atoms with Crippen LogP contribution in [0.1, 0.15) is 0 Å². The second kappa shape index (κ2) is 3.27. The van der Waals surface area contributed by atoms with Gasteiger partial charge in [-0.2, -0.15) is 0 Å². The average molecular weight is 184 g/mol. The summed E-state index contributed by atoms with van der Waals surface area (Å²) >= 11 is 4.55. The molecule has 0 fully saturated rings. The fraction of sp³-hybridized carbons (Fsp3) is 0. The number of thiocarbonyl (C=S) groups is 1. The van der Waals surface area contributed by atoms with Gasteiger partial charge in [0.2, 0.25) is 0 Å². The van der Waals surface area contributed by atoms with Crippen molar-refractivity contribution in [1.29, 1.82) is 0 Å². The SMILES string of the molecule is NC(=S)Nc1cc(O)ccc1O. The van der Waals surface area contributed by atoms with Crippen LogP contribution in [-0.2, 0) is 0 Å². The number of anilines is 1. The summed E-state index contributed by atoms with van der Waals surface area (Å²) in [5.41, 5.74) is 5.47. The number of benzene rings is 1. The number of rotatable bonds is 1. The fourth-order valence-corrected chi connectivity index (χ4v) is 0.867. The number of hydrogen-bond donors (Lipinski definition) is 4. The summed E-state index contributed by atoms with van der Waals surface area (Å²) in [5, 5.41) is 20.8. The summed E-state index contributed by atoms with van der Waals surface area (Å²) in [7, 11) is 0. The second-order valence-electron chi connectivity index (χ2n) is 2.19. The van der Waals surface area contributed by atoms with Crippen molar-refractivity contribution in [2.75, 3.05) is 5.32 Å². The van der Waals surface area contributed by atoms with Gasteiger partial charge in [0.1, 0.15) is 11.5 Å².